The Labute approximate surface area is 175 Å². The number of aromatic nitrogens is 2. The molecule has 5 nitrogen and oxygen atoms in total. The molecule has 14 heteroatoms. The normalized spacial score (nSPS) is 13.5. The summed E-state index contributed by atoms with van der Waals surface area (Å²) in [6.45, 7) is 1.53. The number of hydrogen-bond donors (Lipinski definition) is 1. The Morgan fingerprint density at radius 3 is 2.12 bits per heavy atom. The summed E-state index contributed by atoms with van der Waals surface area (Å²) in [4.78, 5) is 6.81. The summed E-state index contributed by atoms with van der Waals surface area (Å²) < 4.78 is 125. The van der Waals surface area contributed by atoms with Crippen molar-refractivity contribution >= 4 is 5.69 Å². The Kier molecular flexibility index (Phi) is 7.47. The highest BCUT2D eigenvalue weighted by atomic mass is 19.4. The van der Waals surface area contributed by atoms with Crippen LogP contribution in [-0.2, 0) is 25.1 Å². The number of likely N-dealkylation sites (N-methyl/N-ethyl adjacent to an activating group) is 1. The summed E-state index contributed by atoms with van der Waals surface area (Å²) in [5.74, 6) is -0.371. The van der Waals surface area contributed by atoms with Crippen LogP contribution in [0.25, 0.3) is 0 Å². The highest BCUT2D eigenvalue weighted by molar-refractivity contribution is 5.50. The van der Waals surface area contributed by atoms with Gasteiger partial charge in [-0.1, -0.05) is 0 Å². The van der Waals surface area contributed by atoms with Crippen molar-refractivity contribution in [3.63, 3.8) is 0 Å². The molecule has 1 heterocycles. The molecule has 0 spiro atoms. The summed E-state index contributed by atoms with van der Waals surface area (Å²) in [5, 5.41) is 2.70. The molecular formula is C18H17F9N4O. The van der Waals surface area contributed by atoms with Gasteiger partial charge in [0.2, 0.25) is 5.62 Å². The largest absolute Gasteiger partial charge is 0.477 e. The molecule has 0 saturated carbocycles. The van der Waals surface area contributed by atoms with E-state index in [-0.39, 0.29) is 31.6 Å². The number of ether oxygens (including phenoxy) is 1. The van der Waals surface area contributed by atoms with Gasteiger partial charge in [0.05, 0.1) is 16.8 Å². The minimum absolute atomic E-state index is 0.0780. The van der Waals surface area contributed by atoms with Crippen LogP contribution in [0.4, 0.5) is 45.2 Å². The van der Waals surface area contributed by atoms with E-state index in [4.69, 9.17) is 4.74 Å². The van der Waals surface area contributed by atoms with Crippen LogP contribution >= 0.6 is 0 Å². The second-order valence-corrected chi connectivity index (χ2v) is 6.31. The van der Waals surface area contributed by atoms with Gasteiger partial charge in [0.15, 0.2) is 11.6 Å². The molecule has 1 aromatic carbocycles. The first kappa shape index (κ1) is 25.5. The molecule has 2 aromatic rings. The lowest BCUT2D eigenvalue weighted by molar-refractivity contribution is -0.143. The summed E-state index contributed by atoms with van der Waals surface area (Å²) in [6, 6.07) is 1.18. The fourth-order valence-electron chi connectivity index (χ4n) is 2.54. The maximum Gasteiger partial charge on any atom is 0.433 e. The van der Waals surface area contributed by atoms with E-state index in [2.05, 4.69) is 15.3 Å². The first-order chi connectivity index (χ1) is 14.7. The fourth-order valence-corrected chi connectivity index (χ4v) is 2.54. The average Bonchev–Trinajstić information content (AvgIpc) is 2.66. The second kappa shape index (κ2) is 9.38. The predicted octanol–water partition coefficient (Wildman–Crippen LogP) is 4.79. The smallest absolute Gasteiger partial charge is 0.433 e. The Bertz CT molecular complexity index is 1010. The van der Waals surface area contributed by atoms with Crippen LogP contribution in [0.3, 0.4) is 0 Å². The standard InChI is InChI=1S/C18H17F9N4O/c1-3-31-14(32-7-6-28-2)9-13(18(25,26)27)30-15(31)29-12-5-4-10(16(19,20)21)8-11(12)17(22,23)24/h4-5,8-9,28H,3,6-7H2,1-2H3. The van der Waals surface area contributed by atoms with Crippen molar-refractivity contribution in [3.8, 4) is 5.88 Å². The maximum absolute atomic E-state index is 13.4. The number of nitrogens with zero attached hydrogens (tertiary/aromatic N) is 3. The Balaban J connectivity index is 2.80. The van der Waals surface area contributed by atoms with Crippen molar-refractivity contribution in [2.24, 2.45) is 4.99 Å². The number of nitrogens with one attached hydrogen (secondary N) is 1. The lowest BCUT2D eigenvalue weighted by Gasteiger charge is -2.17. The lowest BCUT2D eigenvalue weighted by atomic mass is 10.1. The van der Waals surface area contributed by atoms with Crippen molar-refractivity contribution in [1.82, 2.24) is 14.9 Å². The Hall–Kier alpha value is -2.77. The van der Waals surface area contributed by atoms with Crippen LogP contribution in [0, 0.1) is 0 Å². The Morgan fingerprint density at radius 1 is 0.969 bits per heavy atom. The molecule has 0 atom stereocenters. The molecule has 0 aliphatic rings. The third-order valence-corrected chi connectivity index (χ3v) is 4.05. The highest BCUT2D eigenvalue weighted by Crippen LogP contribution is 2.40. The van der Waals surface area contributed by atoms with Crippen LogP contribution in [0.2, 0.25) is 0 Å². The van der Waals surface area contributed by atoms with E-state index in [0.29, 0.717) is 18.2 Å². The van der Waals surface area contributed by atoms with Crippen molar-refractivity contribution in [2.45, 2.75) is 32.0 Å². The minimum atomic E-state index is -5.26. The molecule has 0 aliphatic carbocycles. The third-order valence-electron chi connectivity index (χ3n) is 4.05. The first-order valence-corrected chi connectivity index (χ1v) is 8.98. The average molecular weight is 476 g/mol. The van der Waals surface area contributed by atoms with Gasteiger partial charge in [0.25, 0.3) is 0 Å². The summed E-state index contributed by atoms with van der Waals surface area (Å²) in [6.07, 6.45) is -15.3. The van der Waals surface area contributed by atoms with Crippen LogP contribution in [0.5, 0.6) is 5.88 Å². The molecule has 178 valence electrons. The summed E-state index contributed by atoms with van der Waals surface area (Å²) in [5.41, 5.74) is -6.68. The van der Waals surface area contributed by atoms with E-state index in [1.165, 1.54) is 6.92 Å². The number of halogens is 9. The molecule has 2 rings (SSSR count). The van der Waals surface area contributed by atoms with Gasteiger partial charge in [-0.3, -0.25) is 4.57 Å². The zero-order valence-corrected chi connectivity index (χ0v) is 16.6. The number of hydrogen-bond acceptors (Lipinski definition) is 4. The minimum Gasteiger partial charge on any atom is -0.477 e. The van der Waals surface area contributed by atoms with Gasteiger partial charge in [0, 0.05) is 19.2 Å². The van der Waals surface area contributed by atoms with Gasteiger partial charge < -0.3 is 10.1 Å². The van der Waals surface area contributed by atoms with Crippen LogP contribution in [-0.4, -0.2) is 29.8 Å². The quantitative estimate of drug-likeness (QED) is 0.482. The van der Waals surface area contributed by atoms with Crippen molar-refractivity contribution in [1.29, 1.82) is 0 Å². The molecule has 1 N–H and O–H groups in total. The van der Waals surface area contributed by atoms with E-state index in [1.54, 1.807) is 7.05 Å². The highest BCUT2D eigenvalue weighted by Gasteiger charge is 2.38. The molecule has 0 unspecified atom stereocenters. The maximum atomic E-state index is 13.4. The number of rotatable bonds is 6. The van der Waals surface area contributed by atoms with E-state index < -0.39 is 46.7 Å². The molecule has 0 fully saturated rings. The van der Waals surface area contributed by atoms with Crippen molar-refractivity contribution in [2.75, 3.05) is 20.2 Å². The topological polar surface area (TPSA) is 51.4 Å². The van der Waals surface area contributed by atoms with E-state index >= 15 is 0 Å². The van der Waals surface area contributed by atoms with E-state index in [9.17, 15) is 39.5 Å². The van der Waals surface area contributed by atoms with Crippen LogP contribution in [0.15, 0.2) is 29.3 Å². The fraction of sp³-hybridized carbons (Fsp3) is 0.444. The van der Waals surface area contributed by atoms with E-state index in [0.717, 1.165) is 4.57 Å². The Morgan fingerprint density at radius 2 is 1.62 bits per heavy atom. The van der Waals surface area contributed by atoms with Crippen LogP contribution < -0.4 is 15.7 Å². The monoisotopic (exact) mass is 476 g/mol. The number of benzene rings is 1. The van der Waals surface area contributed by atoms with Crippen molar-refractivity contribution in [3.05, 3.63) is 46.7 Å². The van der Waals surface area contributed by atoms with Gasteiger partial charge in [0.1, 0.15) is 6.61 Å². The van der Waals surface area contributed by atoms with Gasteiger partial charge in [-0.2, -0.15) is 39.5 Å². The van der Waals surface area contributed by atoms with E-state index in [1.807, 2.05) is 0 Å². The SMILES string of the molecule is CCn1c(OCCNC)cc(C(F)(F)F)nc1=Nc1ccc(C(F)(F)F)cc1C(F)(F)F. The molecular weight excluding hydrogens is 459 g/mol. The molecule has 0 radical (unpaired) electrons. The number of alkyl halides is 9. The first-order valence-electron chi connectivity index (χ1n) is 8.98. The predicted molar refractivity (Wildman–Crippen MR) is 94.0 cm³/mol. The molecule has 32 heavy (non-hydrogen) atoms. The zero-order valence-electron chi connectivity index (χ0n) is 16.6. The summed E-state index contributed by atoms with van der Waals surface area (Å²) >= 11 is 0. The summed E-state index contributed by atoms with van der Waals surface area (Å²) in [7, 11) is 1.56. The van der Waals surface area contributed by atoms with Gasteiger partial charge in [-0.25, -0.2) is 9.98 Å². The molecule has 0 aliphatic heterocycles. The molecule has 0 bridgehead atoms. The molecule has 0 saturated heterocycles. The van der Waals surface area contributed by atoms with Crippen LogP contribution in [0.1, 0.15) is 23.7 Å². The molecule has 0 amide bonds. The van der Waals surface area contributed by atoms with Gasteiger partial charge in [-0.05, 0) is 32.2 Å². The van der Waals surface area contributed by atoms with Crippen molar-refractivity contribution < 1.29 is 44.3 Å². The zero-order chi connectivity index (χ0) is 24.3. The second-order valence-electron chi connectivity index (χ2n) is 6.31. The van der Waals surface area contributed by atoms with Gasteiger partial charge in [-0.15, -0.1) is 0 Å². The lowest BCUT2D eigenvalue weighted by Crippen LogP contribution is -2.30. The molecule has 1 aromatic heterocycles. The van der Waals surface area contributed by atoms with Gasteiger partial charge >= 0.3 is 18.5 Å². The third kappa shape index (κ3) is 6.14.